The quantitative estimate of drug-likeness (QED) is 0.243. The minimum Gasteiger partial charge on any atom is -0.288 e. The zero-order valence-electron chi connectivity index (χ0n) is 18.8. The SMILES string of the molecule is c1ccc2c(c1)Cc1c-2ccc2c1Cc1ccc3c4ncccc4n4c5cccnc5nc4c3c1-2. The first kappa shape index (κ1) is 17.8. The van der Waals surface area contributed by atoms with Gasteiger partial charge >= 0.3 is 0 Å². The second kappa shape index (κ2) is 6.10. The van der Waals surface area contributed by atoms with Crippen LogP contribution in [0.15, 0.2) is 85.2 Å². The first-order chi connectivity index (χ1) is 17.4. The van der Waals surface area contributed by atoms with Gasteiger partial charge in [0.05, 0.1) is 16.6 Å². The Morgan fingerprint density at radius 2 is 1.43 bits per heavy atom. The number of pyridine rings is 3. The van der Waals surface area contributed by atoms with Crippen molar-refractivity contribution in [3.05, 3.63) is 107 Å². The average Bonchev–Trinajstić information content (AvgIpc) is 3.59. The van der Waals surface area contributed by atoms with Crippen LogP contribution in [0.4, 0.5) is 0 Å². The van der Waals surface area contributed by atoms with Gasteiger partial charge in [-0.15, -0.1) is 0 Å². The molecule has 4 nitrogen and oxygen atoms in total. The highest BCUT2D eigenvalue weighted by Gasteiger charge is 2.30. The number of benzene rings is 3. The fraction of sp³-hybridized carbons (Fsp3) is 0.0645. The predicted octanol–water partition coefficient (Wildman–Crippen LogP) is 6.73. The van der Waals surface area contributed by atoms with Crippen molar-refractivity contribution in [2.75, 3.05) is 0 Å². The number of fused-ring (bicyclic) bond motifs is 16. The molecule has 0 atom stereocenters. The smallest absolute Gasteiger partial charge is 0.178 e. The molecule has 0 amide bonds. The van der Waals surface area contributed by atoms with Gasteiger partial charge in [-0.05, 0) is 81.6 Å². The number of aromatic nitrogens is 4. The maximum absolute atomic E-state index is 5.07. The van der Waals surface area contributed by atoms with Crippen LogP contribution in [0.5, 0.6) is 0 Å². The van der Waals surface area contributed by atoms with E-state index in [1.54, 1.807) is 0 Å². The molecule has 0 spiro atoms. The lowest BCUT2D eigenvalue weighted by molar-refractivity contribution is 1.16. The molecule has 2 aliphatic rings. The van der Waals surface area contributed by atoms with Gasteiger partial charge in [0.1, 0.15) is 5.65 Å². The summed E-state index contributed by atoms with van der Waals surface area (Å²) >= 11 is 0. The van der Waals surface area contributed by atoms with Gasteiger partial charge in [-0.1, -0.05) is 48.5 Å². The Balaban J connectivity index is 1.45. The first-order valence-corrected chi connectivity index (χ1v) is 12.1. The number of rotatable bonds is 0. The standard InChI is InChI=1S/C31H18N4/c1-2-6-19-17(5-1)15-23-20(19)11-12-21-24(23)16-18-9-10-22-28(27(18)21)31-34-30-26(8-4-14-33-30)35(31)25-7-3-13-32-29(22)25/h1-14H,15-16H2. The highest BCUT2D eigenvalue weighted by molar-refractivity contribution is 6.18. The monoisotopic (exact) mass is 446 g/mol. The molecule has 0 N–H and O–H groups in total. The van der Waals surface area contributed by atoms with Gasteiger partial charge in [-0.25, -0.2) is 9.97 Å². The van der Waals surface area contributed by atoms with Crippen molar-refractivity contribution < 1.29 is 0 Å². The molecule has 0 unspecified atom stereocenters. The van der Waals surface area contributed by atoms with Crippen LogP contribution in [-0.2, 0) is 12.8 Å². The van der Waals surface area contributed by atoms with E-state index in [0.29, 0.717) is 0 Å². The van der Waals surface area contributed by atoms with Gasteiger partial charge < -0.3 is 0 Å². The maximum atomic E-state index is 5.07. The van der Waals surface area contributed by atoms with Gasteiger partial charge in [0.2, 0.25) is 0 Å². The van der Waals surface area contributed by atoms with Gasteiger partial charge in [0.15, 0.2) is 5.65 Å². The van der Waals surface area contributed by atoms with E-state index in [4.69, 9.17) is 9.97 Å². The summed E-state index contributed by atoms with van der Waals surface area (Å²) in [6.07, 6.45) is 5.68. The van der Waals surface area contributed by atoms with Crippen molar-refractivity contribution in [3.8, 4) is 22.3 Å². The van der Waals surface area contributed by atoms with E-state index in [9.17, 15) is 0 Å². The highest BCUT2D eigenvalue weighted by Crippen LogP contribution is 2.49. The fourth-order valence-electron chi connectivity index (χ4n) is 6.54. The highest BCUT2D eigenvalue weighted by atomic mass is 15.1. The minimum absolute atomic E-state index is 0.769. The minimum atomic E-state index is 0.769. The lowest BCUT2D eigenvalue weighted by Gasteiger charge is -2.13. The average molecular weight is 447 g/mol. The summed E-state index contributed by atoms with van der Waals surface area (Å²) in [6.45, 7) is 0. The number of hydrogen-bond acceptors (Lipinski definition) is 3. The van der Waals surface area contributed by atoms with E-state index in [-0.39, 0.29) is 0 Å². The van der Waals surface area contributed by atoms with Crippen molar-refractivity contribution in [1.82, 2.24) is 19.4 Å². The Labute approximate surface area is 200 Å². The molecule has 162 valence electrons. The zero-order valence-corrected chi connectivity index (χ0v) is 18.8. The van der Waals surface area contributed by atoms with Gasteiger partial charge in [0, 0.05) is 23.2 Å². The van der Waals surface area contributed by atoms with E-state index in [1.165, 1.54) is 49.9 Å². The van der Waals surface area contributed by atoms with Gasteiger partial charge in [-0.3, -0.25) is 9.38 Å². The van der Waals surface area contributed by atoms with E-state index in [1.807, 2.05) is 24.5 Å². The molecule has 9 rings (SSSR count). The van der Waals surface area contributed by atoms with Crippen LogP contribution in [0.25, 0.3) is 60.9 Å². The second-order valence-corrected chi connectivity index (χ2v) is 9.64. The van der Waals surface area contributed by atoms with Gasteiger partial charge in [0.25, 0.3) is 0 Å². The van der Waals surface area contributed by atoms with E-state index in [0.717, 1.165) is 46.1 Å². The number of imidazole rings is 1. The van der Waals surface area contributed by atoms with Crippen LogP contribution in [0.1, 0.15) is 22.3 Å². The molecule has 0 aliphatic heterocycles. The summed E-state index contributed by atoms with van der Waals surface area (Å²) < 4.78 is 2.24. The van der Waals surface area contributed by atoms with Crippen LogP contribution in [0.2, 0.25) is 0 Å². The summed E-state index contributed by atoms with van der Waals surface area (Å²) in [5, 5.41) is 2.33. The molecule has 0 saturated carbocycles. The largest absolute Gasteiger partial charge is 0.288 e. The van der Waals surface area contributed by atoms with Gasteiger partial charge in [-0.2, -0.15) is 0 Å². The fourth-order valence-corrected chi connectivity index (χ4v) is 6.54. The maximum Gasteiger partial charge on any atom is 0.178 e. The van der Waals surface area contributed by atoms with Crippen molar-refractivity contribution in [2.24, 2.45) is 0 Å². The molecule has 4 aromatic heterocycles. The van der Waals surface area contributed by atoms with E-state index in [2.05, 4.69) is 70.0 Å². The third-order valence-electron chi connectivity index (χ3n) is 7.97. The zero-order chi connectivity index (χ0) is 22.7. The number of hydrogen-bond donors (Lipinski definition) is 0. The third-order valence-corrected chi connectivity index (χ3v) is 7.97. The summed E-state index contributed by atoms with van der Waals surface area (Å²) in [6, 6.07) is 26.3. The number of nitrogens with zero attached hydrogens (tertiary/aromatic N) is 4. The first-order valence-electron chi connectivity index (χ1n) is 12.1. The molecule has 0 bridgehead atoms. The molecular weight excluding hydrogens is 428 g/mol. The lowest BCUT2D eigenvalue weighted by atomic mass is 9.94. The predicted molar refractivity (Wildman–Crippen MR) is 140 cm³/mol. The molecule has 35 heavy (non-hydrogen) atoms. The lowest BCUT2D eigenvalue weighted by Crippen LogP contribution is -1.95. The van der Waals surface area contributed by atoms with Crippen LogP contribution in [0.3, 0.4) is 0 Å². The third kappa shape index (κ3) is 2.11. The molecule has 2 aliphatic carbocycles. The normalized spacial score (nSPS) is 13.5. The molecule has 3 aromatic carbocycles. The molecule has 0 radical (unpaired) electrons. The molecule has 7 aromatic rings. The van der Waals surface area contributed by atoms with Crippen LogP contribution in [-0.4, -0.2) is 19.4 Å². The van der Waals surface area contributed by atoms with Crippen molar-refractivity contribution in [1.29, 1.82) is 0 Å². The Morgan fingerprint density at radius 3 is 2.40 bits per heavy atom. The molecule has 0 fully saturated rings. The summed E-state index contributed by atoms with van der Waals surface area (Å²) in [5.74, 6) is 0. The van der Waals surface area contributed by atoms with Crippen molar-refractivity contribution in [3.63, 3.8) is 0 Å². The van der Waals surface area contributed by atoms with Crippen LogP contribution in [0, 0.1) is 0 Å². The Bertz CT molecular complexity index is 2070. The Morgan fingerprint density at radius 1 is 0.629 bits per heavy atom. The van der Waals surface area contributed by atoms with Crippen molar-refractivity contribution >= 4 is 38.6 Å². The topological polar surface area (TPSA) is 43.1 Å². The Kier molecular flexibility index (Phi) is 3.11. The molecule has 0 saturated heterocycles. The summed E-state index contributed by atoms with van der Waals surface area (Å²) in [5.41, 5.74) is 16.0. The Hall–Kier alpha value is -4.57. The van der Waals surface area contributed by atoms with E-state index >= 15 is 0 Å². The second-order valence-electron chi connectivity index (χ2n) is 9.64. The van der Waals surface area contributed by atoms with Crippen LogP contribution >= 0.6 is 0 Å². The van der Waals surface area contributed by atoms with Crippen LogP contribution < -0.4 is 0 Å². The molecule has 4 heterocycles. The summed E-state index contributed by atoms with van der Waals surface area (Å²) in [4.78, 5) is 14.5. The molecule has 4 heteroatoms. The molecular formula is C31H18N4. The summed E-state index contributed by atoms with van der Waals surface area (Å²) in [7, 11) is 0. The van der Waals surface area contributed by atoms with E-state index < -0.39 is 0 Å². The van der Waals surface area contributed by atoms with Crippen molar-refractivity contribution in [2.45, 2.75) is 12.8 Å².